The summed E-state index contributed by atoms with van der Waals surface area (Å²) in [5, 5.41) is 9.42. The van der Waals surface area contributed by atoms with Crippen LogP contribution in [0, 0.1) is 12.7 Å². The molecule has 4 nitrogen and oxygen atoms in total. The number of H-pyrrole nitrogens is 1. The largest absolute Gasteiger partial charge is 0.493 e. The van der Waals surface area contributed by atoms with Crippen LogP contribution >= 0.6 is 11.8 Å². The second kappa shape index (κ2) is 5.22. The Balaban J connectivity index is 2.17. The Kier molecular flexibility index (Phi) is 3.66. The molecule has 0 aliphatic heterocycles. The highest BCUT2D eigenvalue weighted by atomic mass is 32.2. The number of hydrogen-bond acceptors (Lipinski definition) is 4. The van der Waals surface area contributed by atoms with Gasteiger partial charge in [0, 0.05) is 4.90 Å². The quantitative estimate of drug-likeness (QED) is 0.836. The summed E-state index contributed by atoms with van der Waals surface area (Å²) in [6.45, 7) is 1.48. The van der Waals surface area contributed by atoms with E-state index in [-0.39, 0.29) is 28.6 Å². The molecule has 0 aliphatic carbocycles. The molecule has 0 bridgehead atoms. The van der Waals surface area contributed by atoms with Gasteiger partial charge < -0.3 is 10.1 Å². The van der Waals surface area contributed by atoms with E-state index in [1.807, 2.05) is 0 Å². The standard InChI is InChI=1S/C12H11FN2O2S/c1-7-11(16)14-10(15-12(7)17)6-18-9-5-3-2-4-8(9)13/h2-5H,6H2,1H3,(H2,14,15,16,17). The lowest BCUT2D eigenvalue weighted by Crippen LogP contribution is -2.13. The lowest BCUT2D eigenvalue weighted by atomic mass is 10.3. The van der Waals surface area contributed by atoms with E-state index < -0.39 is 0 Å². The fourth-order valence-electron chi connectivity index (χ4n) is 1.34. The van der Waals surface area contributed by atoms with E-state index in [1.165, 1.54) is 24.8 Å². The predicted molar refractivity (Wildman–Crippen MR) is 67.2 cm³/mol. The van der Waals surface area contributed by atoms with Gasteiger partial charge in [0.15, 0.2) is 0 Å². The van der Waals surface area contributed by atoms with Crippen molar-refractivity contribution in [2.45, 2.75) is 17.6 Å². The number of nitrogens with one attached hydrogen (secondary N) is 1. The summed E-state index contributed by atoms with van der Waals surface area (Å²) in [5.74, 6) is -0.00952. The van der Waals surface area contributed by atoms with Gasteiger partial charge in [0.2, 0.25) is 5.88 Å². The monoisotopic (exact) mass is 266 g/mol. The summed E-state index contributed by atoms with van der Waals surface area (Å²) in [6, 6.07) is 6.35. The van der Waals surface area contributed by atoms with Gasteiger partial charge in [-0.15, -0.1) is 11.8 Å². The lowest BCUT2D eigenvalue weighted by Gasteiger charge is -2.04. The first-order chi connectivity index (χ1) is 8.58. The van der Waals surface area contributed by atoms with E-state index >= 15 is 0 Å². The molecule has 2 rings (SSSR count). The molecule has 1 heterocycles. The highest BCUT2D eigenvalue weighted by Crippen LogP contribution is 2.24. The summed E-state index contributed by atoms with van der Waals surface area (Å²) in [4.78, 5) is 18.2. The van der Waals surface area contributed by atoms with Crippen molar-refractivity contribution in [1.29, 1.82) is 0 Å². The van der Waals surface area contributed by atoms with Crippen LogP contribution < -0.4 is 5.56 Å². The summed E-state index contributed by atoms with van der Waals surface area (Å²) in [7, 11) is 0. The molecular formula is C12H11FN2O2S. The van der Waals surface area contributed by atoms with E-state index in [4.69, 9.17) is 0 Å². The highest BCUT2D eigenvalue weighted by molar-refractivity contribution is 7.98. The molecule has 0 fully saturated rings. The van der Waals surface area contributed by atoms with Gasteiger partial charge in [0.05, 0.1) is 11.3 Å². The average Bonchev–Trinajstić information content (AvgIpc) is 2.35. The maximum absolute atomic E-state index is 13.4. The molecule has 0 amide bonds. The molecule has 2 aromatic rings. The van der Waals surface area contributed by atoms with Crippen molar-refractivity contribution in [3.8, 4) is 5.88 Å². The Labute approximate surface area is 107 Å². The number of rotatable bonds is 3. The van der Waals surface area contributed by atoms with E-state index in [9.17, 15) is 14.3 Å². The molecule has 0 atom stereocenters. The number of aromatic nitrogens is 2. The van der Waals surface area contributed by atoms with Crippen molar-refractivity contribution < 1.29 is 9.50 Å². The highest BCUT2D eigenvalue weighted by Gasteiger charge is 2.07. The molecule has 1 aromatic carbocycles. The molecule has 94 valence electrons. The number of aromatic hydroxyl groups is 1. The molecule has 18 heavy (non-hydrogen) atoms. The number of nitrogens with zero attached hydrogens (tertiary/aromatic N) is 1. The van der Waals surface area contributed by atoms with Gasteiger partial charge >= 0.3 is 0 Å². The first-order valence-corrected chi connectivity index (χ1v) is 6.22. The third-order valence-electron chi connectivity index (χ3n) is 2.38. The number of halogens is 1. The molecule has 0 saturated carbocycles. The van der Waals surface area contributed by atoms with Crippen molar-refractivity contribution in [3.05, 3.63) is 51.8 Å². The number of thioether (sulfide) groups is 1. The Morgan fingerprint density at radius 2 is 2.17 bits per heavy atom. The minimum Gasteiger partial charge on any atom is -0.493 e. The van der Waals surface area contributed by atoms with E-state index in [0.717, 1.165) is 0 Å². The molecule has 6 heteroatoms. The summed E-state index contributed by atoms with van der Waals surface area (Å²) in [5.41, 5.74) is -0.207. The summed E-state index contributed by atoms with van der Waals surface area (Å²) < 4.78 is 13.4. The molecule has 2 N–H and O–H groups in total. The maximum Gasteiger partial charge on any atom is 0.257 e. The van der Waals surface area contributed by atoms with Crippen molar-refractivity contribution >= 4 is 11.8 Å². The van der Waals surface area contributed by atoms with E-state index in [0.29, 0.717) is 10.7 Å². The second-order valence-electron chi connectivity index (χ2n) is 3.68. The molecule has 0 aliphatic rings. The van der Waals surface area contributed by atoms with Gasteiger partial charge in [-0.25, -0.2) is 4.39 Å². The molecule has 0 unspecified atom stereocenters. The SMILES string of the molecule is Cc1c(O)nc(CSc2ccccc2F)[nH]c1=O. The van der Waals surface area contributed by atoms with E-state index in [2.05, 4.69) is 9.97 Å². The van der Waals surface area contributed by atoms with Crippen LogP contribution in [-0.4, -0.2) is 15.1 Å². The van der Waals surface area contributed by atoms with Crippen LogP contribution in [0.5, 0.6) is 5.88 Å². The minimum absolute atomic E-state index is 0.176. The van der Waals surface area contributed by atoms with Crippen LogP contribution in [0.1, 0.15) is 11.4 Å². The van der Waals surface area contributed by atoms with Gasteiger partial charge in [-0.1, -0.05) is 12.1 Å². The van der Waals surface area contributed by atoms with Crippen molar-refractivity contribution in [2.75, 3.05) is 0 Å². The van der Waals surface area contributed by atoms with Gasteiger partial charge in [-0.2, -0.15) is 4.98 Å². The first kappa shape index (κ1) is 12.6. The molecule has 1 aromatic heterocycles. The summed E-state index contributed by atoms with van der Waals surface area (Å²) >= 11 is 1.20. The lowest BCUT2D eigenvalue weighted by molar-refractivity contribution is 0.444. The van der Waals surface area contributed by atoms with Crippen LogP contribution in [0.4, 0.5) is 4.39 Å². The Morgan fingerprint density at radius 3 is 2.83 bits per heavy atom. The maximum atomic E-state index is 13.4. The molecule has 0 spiro atoms. The zero-order valence-electron chi connectivity index (χ0n) is 9.61. The minimum atomic E-state index is -0.383. The van der Waals surface area contributed by atoms with Crippen molar-refractivity contribution in [3.63, 3.8) is 0 Å². The normalized spacial score (nSPS) is 10.6. The zero-order valence-corrected chi connectivity index (χ0v) is 10.4. The smallest absolute Gasteiger partial charge is 0.257 e. The Bertz CT molecular complexity index is 628. The van der Waals surface area contributed by atoms with Crippen molar-refractivity contribution in [2.24, 2.45) is 0 Å². The number of hydrogen-bond donors (Lipinski definition) is 2. The topological polar surface area (TPSA) is 66.0 Å². The predicted octanol–water partition coefficient (Wildman–Crippen LogP) is 2.22. The van der Waals surface area contributed by atoms with Gasteiger partial charge in [0.1, 0.15) is 11.6 Å². The summed E-state index contributed by atoms with van der Waals surface area (Å²) in [6.07, 6.45) is 0. The first-order valence-electron chi connectivity index (χ1n) is 5.24. The van der Waals surface area contributed by atoms with Crippen LogP contribution in [0.25, 0.3) is 0 Å². The van der Waals surface area contributed by atoms with Gasteiger partial charge in [0.25, 0.3) is 5.56 Å². The van der Waals surface area contributed by atoms with Crippen molar-refractivity contribution in [1.82, 2.24) is 9.97 Å². The number of benzene rings is 1. The fraction of sp³-hybridized carbons (Fsp3) is 0.167. The van der Waals surface area contributed by atoms with Crippen LogP contribution in [0.15, 0.2) is 34.0 Å². The van der Waals surface area contributed by atoms with Gasteiger partial charge in [-0.3, -0.25) is 4.79 Å². The van der Waals surface area contributed by atoms with Crippen LogP contribution in [-0.2, 0) is 5.75 Å². The Hall–Kier alpha value is -1.82. The van der Waals surface area contributed by atoms with E-state index in [1.54, 1.807) is 18.2 Å². The third-order valence-corrected chi connectivity index (χ3v) is 3.44. The molecule has 0 radical (unpaired) electrons. The molecular weight excluding hydrogens is 255 g/mol. The Morgan fingerprint density at radius 1 is 1.44 bits per heavy atom. The van der Waals surface area contributed by atoms with Gasteiger partial charge in [-0.05, 0) is 19.1 Å². The number of aromatic amines is 1. The fourth-order valence-corrected chi connectivity index (χ4v) is 2.15. The van der Waals surface area contributed by atoms with Crippen LogP contribution in [0.3, 0.4) is 0 Å². The third kappa shape index (κ3) is 2.70. The van der Waals surface area contributed by atoms with Crippen LogP contribution in [0.2, 0.25) is 0 Å². The average molecular weight is 266 g/mol. The molecule has 0 saturated heterocycles. The second-order valence-corrected chi connectivity index (χ2v) is 4.70. The zero-order chi connectivity index (χ0) is 13.1.